The Morgan fingerprint density at radius 1 is 0.634 bits per heavy atom. The standard InChI is InChI=1S/C32H32N4O4.Mn/c1-17-11-22-14-27-19(3)23(7-9-31(37)39-5)29(35-27)16-30-24(8-10-32(38)40-6)20(4)28(36-30)15-26-18(2)12-21(34-26)13-25(17)33-22;/h11-16H,7-10H2,1-6H3;/q-4;/b21-13?,22-14-,25-13-,26-15?,27-14?,28-15-,29-16?,30-16-;. The number of aromatic nitrogens is 4. The molecule has 5 heterocycles. The van der Waals surface area contributed by atoms with E-state index in [4.69, 9.17) is 29.4 Å². The smallest absolute Gasteiger partial charge is 0.305 e. The van der Waals surface area contributed by atoms with Crippen LogP contribution in [0, 0.1) is 27.7 Å². The maximum absolute atomic E-state index is 12.0. The van der Waals surface area contributed by atoms with Gasteiger partial charge in [-0.2, -0.15) is 0 Å². The topological polar surface area (TPSA) is 109 Å². The number of hydrogen-bond acceptors (Lipinski definition) is 4. The minimum Gasteiger partial charge on any atom is -0.658 e. The molecule has 0 N–H and O–H groups in total. The van der Waals surface area contributed by atoms with Gasteiger partial charge in [0.05, 0.1) is 14.2 Å². The van der Waals surface area contributed by atoms with Crippen molar-refractivity contribution in [3.63, 3.8) is 0 Å². The number of aryl methyl sites for hydroxylation is 2. The van der Waals surface area contributed by atoms with Gasteiger partial charge in [-0.15, -0.1) is 44.2 Å². The third-order valence-corrected chi connectivity index (χ3v) is 7.54. The Labute approximate surface area is 249 Å². The molecule has 0 spiro atoms. The van der Waals surface area contributed by atoms with Gasteiger partial charge in [-0.05, 0) is 40.5 Å². The van der Waals surface area contributed by atoms with Gasteiger partial charge in [0, 0.05) is 29.9 Å². The van der Waals surface area contributed by atoms with Crippen LogP contribution in [0.25, 0.3) is 24.3 Å². The molecule has 1 radical (unpaired) electrons. The average molecular weight is 592 g/mol. The van der Waals surface area contributed by atoms with Crippen LogP contribution in [-0.2, 0) is 49.0 Å². The van der Waals surface area contributed by atoms with Crippen LogP contribution in [0.4, 0.5) is 0 Å². The molecule has 0 saturated heterocycles. The van der Waals surface area contributed by atoms with Crippen molar-refractivity contribution in [3.05, 3.63) is 89.7 Å². The molecule has 0 fully saturated rings. The number of esters is 2. The van der Waals surface area contributed by atoms with E-state index < -0.39 is 0 Å². The summed E-state index contributed by atoms with van der Waals surface area (Å²) in [6.45, 7) is 8.10. The largest absolute Gasteiger partial charge is 0.658 e. The van der Waals surface area contributed by atoms with E-state index in [2.05, 4.69) is 0 Å². The molecule has 0 atom stereocenters. The van der Waals surface area contributed by atoms with Crippen LogP contribution in [-0.4, -0.2) is 26.2 Å². The van der Waals surface area contributed by atoms with E-state index in [1.807, 2.05) is 64.1 Å². The predicted octanol–water partition coefficient (Wildman–Crippen LogP) is 0.586. The number of carbonyl (C=O) groups excluding carboxylic acids is 2. The summed E-state index contributed by atoms with van der Waals surface area (Å²) in [7, 11) is 2.79. The third-order valence-electron chi connectivity index (χ3n) is 7.54. The summed E-state index contributed by atoms with van der Waals surface area (Å²) in [5, 5.41) is 3.20. The van der Waals surface area contributed by atoms with Crippen molar-refractivity contribution in [3.8, 4) is 0 Å². The number of nitrogens with zero attached hydrogens (tertiary/aromatic N) is 4. The number of ether oxygens (including phenoxy) is 2. The van der Waals surface area contributed by atoms with Gasteiger partial charge in [-0.3, -0.25) is 9.59 Å². The number of methoxy groups -OCH3 is 2. The summed E-state index contributed by atoms with van der Waals surface area (Å²) in [6.07, 6.45) is 9.35. The van der Waals surface area contributed by atoms with Crippen LogP contribution in [0.3, 0.4) is 0 Å². The van der Waals surface area contributed by atoms with Gasteiger partial charge in [0.1, 0.15) is 0 Å². The fraction of sp³-hybridized carbons (Fsp3) is 0.312. The Kier molecular flexibility index (Phi) is 9.00. The summed E-state index contributed by atoms with van der Waals surface area (Å²) < 4.78 is 9.80. The molecule has 5 rings (SSSR count). The van der Waals surface area contributed by atoms with Gasteiger partial charge in [0.15, 0.2) is 0 Å². The number of fused-ring (bicyclic) bond motifs is 8. The molecular formula is C32H32MnN4O4-4. The Bertz CT molecular complexity index is 1870. The first kappa shape index (κ1) is 30.0. The SMILES string of the molecule is COC(=O)CCc1c2[n-]c(c1C)/C=c1/cc(C)/c([n-]1)=C/c1cc(C)c([n-]1)/C=c1\[n-]/c(c(CCC(=O)OC)c1C)=C\2.[Mn]. The summed E-state index contributed by atoms with van der Waals surface area (Å²) in [5.74, 6) is -0.558. The summed E-state index contributed by atoms with van der Waals surface area (Å²) in [6, 6.07) is 4.09. The van der Waals surface area contributed by atoms with Gasteiger partial charge in [0.25, 0.3) is 0 Å². The number of rotatable bonds is 6. The van der Waals surface area contributed by atoms with E-state index in [1.165, 1.54) is 14.2 Å². The Morgan fingerprint density at radius 3 is 1.98 bits per heavy atom. The predicted molar refractivity (Wildman–Crippen MR) is 151 cm³/mol. The van der Waals surface area contributed by atoms with E-state index in [0.29, 0.717) is 12.8 Å². The Hall–Kier alpha value is -3.94. The van der Waals surface area contributed by atoms with Gasteiger partial charge >= 0.3 is 11.9 Å². The van der Waals surface area contributed by atoms with Crippen LogP contribution in [0.5, 0.6) is 0 Å². The molecule has 41 heavy (non-hydrogen) atoms. The quantitative estimate of drug-likeness (QED) is 0.209. The molecule has 0 saturated carbocycles. The van der Waals surface area contributed by atoms with Gasteiger partial charge in [0.2, 0.25) is 0 Å². The Balaban J connectivity index is 0.00000387. The first-order chi connectivity index (χ1) is 19.2. The molecule has 215 valence electrons. The Morgan fingerprint density at radius 2 is 1.29 bits per heavy atom. The normalized spacial score (nSPS) is 15.2. The van der Waals surface area contributed by atoms with Crippen LogP contribution >= 0.6 is 0 Å². The molecule has 0 aliphatic carbocycles. The van der Waals surface area contributed by atoms with Crippen LogP contribution in [0.2, 0.25) is 0 Å². The van der Waals surface area contributed by atoms with E-state index in [0.717, 1.165) is 77.6 Å². The minimum atomic E-state index is -0.279. The average Bonchev–Trinajstić information content (AvgIpc) is 3.62. The summed E-state index contributed by atoms with van der Waals surface area (Å²) in [5.41, 5.74) is 9.17. The van der Waals surface area contributed by atoms with Gasteiger partial charge < -0.3 is 29.4 Å². The fourth-order valence-electron chi connectivity index (χ4n) is 5.15. The molecule has 0 unspecified atom stereocenters. The second-order valence-electron chi connectivity index (χ2n) is 10.2. The molecule has 4 aromatic heterocycles. The van der Waals surface area contributed by atoms with Crippen molar-refractivity contribution < 1.29 is 36.1 Å². The molecule has 8 nitrogen and oxygen atoms in total. The van der Waals surface area contributed by atoms with Gasteiger partial charge in [-0.25, -0.2) is 0 Å². The summed E-state index contributed by atoms with van der Waals surface area (Å²) in [4.78, 5) is 43.7. The van der Waals surface area contributed by atoms with Crippen LogP contribution < -0.4 is 41.3 Å². The third kappa shape index (κ3) is 6.21. The first-order valence-corrected chi connectivity index (χ1v) is 13.3. The number of carbonyl (C=O) groups is 2. The zero-order valence-electron chi connectivity index (χ0n) is 24.1. The molecular weight excluding hydrogens is 559 g/mol. The van der Waals surface area contributed by atoms with Crippen molar-refractivity contribution in [1.29, 1.82) is 0 Å². The molecule has 9 heteroatoms. The molecule has 4 aromatic rings. The maximum atomic E-state index is 12.0. The number of hydrogen-bond donors (Lipinski definition) is 0. The minimum absolute atomic E-state index is 0. The van der Waals surface area contributed by atoms with Crippen molar-refractivity contribution in [2.24, 2.45) is 0 Å². The maximum Gasteiger partial charge on any atom is 0.305 e. The van der Waals surface area contributed by atoms with E-state index in [1.54, 1.807) is 0 Å². The second kappa shape index (κ2) is 12.3. The van der Waals surface area contributed by atoms with Crippen molar-refractivity contribution in [2.45, 2.75) is 53.4 Å². The first-order valence-electron chi connectivity index (χ1n) is 13.3. The van der Waals surface area contributed by atoms with E-state index >= 15 is 0 Å². The molecule has 0 amide bonds. The van der Waals surface area contributed by atoms with Crippen molar-refractivity contribution in [2.75, 3.05) is 14.2 Å². The van der Waals surface area contributed by atoms with Crippen LogP contribution in [0.1, 0.15) is 69.0 Å². The fourth-order valence-corrected chi connectivity index (χ4v) is 5.15. The van der Waals surface area contributed by atoms with Crippen LogP contribution in [0.15, 0.2) is 12.1 Å². The molecule has 1 aliphatic heterocycles. The van der Waals surface area contributed by atoms with Crippen molar-refractivity contribution in [1.82, 2.24) is 19.9 Å². The zero-order valence-corrected chi connectivity index (χ0v) is 25.3. The van der Waals surface area contributed by atoms with Gasteiger partial charge in [-0.1, -0.05) is 69.8 Å². The van der Waals surface area contributed by atoms with E-state index in [-0.39, 0.29) is 41.8 Å². The molecule has 8 bridgehead atoms. The van der Waals surface area contributed by atoms with E-state index in [9.17, 15) is 9.59 Å². The second-order valence-corrected chi connectivity index (χ2v) is 10.2. The zero-order chi connectivity index (χ0) is 28.6. The molecule has 0 aromatic carbocycles. The monoisotopic (exact) mass is 591 g/mol. The summed E-state index contributed by atoms with van der Waals surface area (Å²) >= 11 is 0. The molecule has 1 aliphatic rings. The van der Waals surface area contributed by atoms with Crippen molar-refractivity contribution >= 4 is 36.2 Å².